The molecule has 2 aromatic rings. The van der Waals surface area contributed by atoms with Gasteiger partial charge in [0.05, 0.1) is 5.41 Å². The molecule has 1 atom stereocenters. The third kappa shape index (κ3) is 4.69. The van der Waals surface area contributed by atoms with Gasteiger partial charge in [-0.15, -0.1) is 0 Å². The van der Waals surface area contributed by atoms with E-state index in [2.05, 4.69) is 48.6 Å². The molecule has 1 heterocycles. The van der Waals surface area contributed by atoms with Crippen molar-refractivity contribution in [3.63, 3.8) is 0 Å². The largest absolute Gasteiger partial charge is 0.359 e. The molecule has 0 spiro atoms. The van der Waals surface area contributed by atoms with Crippen LogP contribution < -0.4 is 5.32 Å². The fraction of sp³-hybridized carbons (Fsp3) is 0.440. The van der Waals surface area contributed by atoms with E-state index in [0.29, 0.717) is 19.4 Å². The molecule has 0 aromatic heterocycles. The van der Waals surface area contributed by atoms with Crippen LogP contribution in [-0.2, 0) is 16.0 Å². The molecule has 1 aliphatic rings. The summed E-state index contributed by atoms with van der Waals surface area (Å²) in [6.45, 7) is 5.34. The van der Waals surface area contributed by atoms with Crippen molar-refractivity contribution in [1.82, 2.24) is 10.2 Å². The van der Waals surface area contributed by atoms with Crippen LogP contribution in [0.1, 0.15) is 43.7 Å². The molecule has 0 radical (unpaired) electrons. The van der Waals surface area contributed by atoms with Crippen LogP contribution in [0.4, 0.5) is 0 Å². The maximum absolute atomic E-state index is 13.1. The lowest BCUT2D eigenvalue weighted by Crippen LogP contribution is -2.54. The number of carbonyl (C=O) groups excluding carboxylic acids is 2. The highest BCUT2D eigenvalue weighted by Crippen LogP contribution is 2.37. The van der Waals surface area contributed by atoms with Crippen LogP contribution in [0.15, 0.2) is 48.5 Å². The second-order valence-electron chi connectivity index (χ2n) is 8.23. The Bertz CT molecular complexity index is 859. The molecule has 4 heteroatoms. The second-order valence-corrected chi connectivity index (χ2v) is 8.23. The SMILES string of the molecule is CCCC(=O)N1CCC[C@](Cc2ccccc2-c2ccc(C)cc2)(C(=O)NC)C1. The van der Waals surface area contributed by atoms with Crippen molar-refractivity contribution < 1.29 is 9.59 Å². The van der Waals surface area contributed by atoms with Gasteiger partial charge in [-0.2, -0.15) is 0 Å². The minimum absolute atomic E-state index is 0.0326. The third-order valence-electron chi connectivity index (χ3n) is 6.01. The molecule has 0 saturated carbocycles. The van der Waals surface area contributed by atoms with E-state index >= 15 is 0 Å². The number of piperidine rings is 1. The maximum atomic E-state index is 13.1. The van der Waals surface area contributed by atoms with Crippen molar-refractivity contribution in [3.05, 3.63) is 59.7 Å². The molecule has 1 saturated heterocycles. The molecule has 154 valence electrons. The predicted octanol–water partition coefficient (Wildman–Crippen LogP) is 4.36. The Morgan fingerprint density at radius 1 is 1.10 bits per heavy atom. The van der Waals surface area contributed by atoms with Gasteiger partial charge >= 0.3 is 0 Å². The number of aryl methyl sites for hydroxylation is 1. The Morgan fingerprint density at radius 2 is 1.83 bits per heavy atom. The zero-order chi connectivity index (χ0) is 20.9. The second kappa shape index (κ2) is 9.25. The standard InChI is InChI=1S/C25H32N2O2/c1-4-8-23(28)27-16-7-15-25(18-27,24(29)26-3)17-21-9-5-6-10-22(21)20-13-11-19(2)12-14-20/h5-6,9-14H,4,7-8,15-18H2,1-3H3,(H,26,29)/t25-/m1/s1. The maximum Gasteiger partial charge on any atom is 0.228 e. The van der Waals surface area contributed by atoms with Gasteiger partial charge in [0.2, 0.25) is 11.8 Å². The molecule has 0 bridgehead atoms. The van der Waals surface area contributed by atoms with Gasteiger partial charge in [0.15, 0.2) is 0 Å². The number of rotatable bonds is 6. The first-order valence-electron chi connectivity index (χ1n) is 10.6. The first-order chi connectivity index (χ1) is 14.0. The predicted molar refractivity (Wildman–Crippen MR) is 118 cm³/mol. The van der Waals surface area contributed by atoms with E-state index in [9.17, 15) is 9.59 Å². The van der Waals surface area contributed by atoms with Crippen molar-refractivity contribution in [2.45, 2.75) is 46.0 Å². The quantitative estimate of drug-likeness (QED) is 0.794. The van der Waals surface area contributed by atoms with E-state index in [4.69, 9.17) is 0 Å². The Labute approximate surface area is 174 Å². The van der Waals surface area contributed by atoms with Gasteiger partial charge in [-0.1, -0.05) is 61.0 Å². The van der Waals surface area contributed by atoms with E-state index in [-0.39, 0.29) is 11.8 Å². The summed E-state index contributed by atoms with van der Waals surface area (Å²) in [6, 6.07) is 16.8. The van der Waals surface area contributed by atoms with Crippen molar-refractivity contribution in [2.75, 3.05) is 20.1 Å². The highest BCUT2D eigenvalue weighted by atomic mass is 16.2. The lowest BCUT2D eigenvalue weighted by atomic mass is 9.73. The minimum Gasteiger partial charge on any atom is -0.359 e. The Balaban J connectivity index is 1.95. The minimum atomic E-state index is -0.586. The van der Waals surface area contributed by atoms with Crippen molar-refractivity contribution in [2.24, 2.45) is 5.41 Å². The summed E-state index contributed by atoms with van der Waals surface area (Å²) < 4.78 is 0. The molecule has 0 aliphatic carbocycles. The normalized spacial score (nSPS) is 19.1. The number of hydrogen-bond donors (Lipinski definition) is 1. The lowest BCUT2D eigenvalue weighted by molar-refractivity contribution is -0.141. The number of nitrogens with one attached hydrogen (secondary N) is 1. The number of nitrogens with zero attached hydrogens (tertiary/aromatic N) is 1. The van der Waals surface area contributed by atoms with E-state index in [0.717, 1.165) is 42.5 Å². The molecule has 2 amide bonds. The van der Waals surface area contributed by atoms with Crippen LogP contribution in [0.2, 0.25) is 0 Å². The summed E-state index contributed by atoms with van der Waals surface area (Å²) in [6.07, 6.45) is 3.66. The zero-order valence-corrected chi connectivity index (χ0v) is 17.8. The van der Waals surface area contributed by atoms with Crippen molar-refractivity contribution >= 4 is 11.8 Å². The Kier molecular flexibility index (Phi) is 6.73. The van der Waals surface area contributed by atoms with Crippen LogP contribution in [0.5, 0.6) is 0 Å². The molecule has 1 N–H and O–H groups in total. The first-order valence-corrected chi connectivity index (χ1v) is 10.6. The molecular formula is C25H32N2O2. The number of amides is 2. The van der Waals surface area contributed by atoms with Crippen LogP contribution in [-0.4, -0.2) is 36.9 Å². The number of likely N-dealkylation sites (tertiary alicyclic amines) is 1. The van der Waals surface area contributed by atoms with E-state index < -0.39 is 5.41 Å². The van der Waals surface area contributed by atoms with E-state index in [1.54, 1.807) is 7.05 Å². The number of hydrogen-bond acceptors (Lipinski definition) is 2. The summed E-state index contributed by atoms with van der Waals surface area (Å²) in [7, 11) is 1.70. The average molecular weight is 393 g/mol. The molecule has 29 heavy (non-hydrogen) atoms. The molecule has 0 unspecified atom stereocenters. The van der Waals surface area contributed by atoms with E-state index in [1.807, 2.05) is 24.0 Å². The summed E-state index contributed by atoms with van der Waals surface area (Å²) in [4.78, 5) is 27.5. The summed E-state index contributed by atoms with van der Waals surface area (Å²) in [5, 5.41) is 2.88. The molecule has 4 nitrogen and oxygen atoms in total. The van der Waals surface area contributed by atoms with Gasteiger partial charge in [-0.3, -0.25) is 9.59 Å². The fourth-order valence-electron chi connectivity index (χ4n) is 4.45. The third-order valence-corrected chi connectivity index (χ3v) is 6.01. The number of benzene rings is 2. The van der Waals surface area contributed by atoms with Gasteiger partial charge in [0.1, 0.15) is 0 Å². The number of carbonyl (C=O) groups is 2. The van der Waals surface area contributed by atoms with Crippen LogP contribution in [0, 0.1) is 12.3 Å². The van der Waals surface area contributed by atoms with Gasteiger partial charge in [-0.25, -0.2) is 0 Å². The summed E-state index contributed by atoms with van der Waals surface area (Å²) in [5.74, 6) is 0.192. The average Bonchev–Trinajstić information content (AvgIpc) is 2.74. The molecule has 1 fully saturated rings. The zero-order valence-electron chi connectivity index (χ0n) is 17.8. The van der Waals surface area contributed by atoms with Crippen LogP contribution in [0.25, 0.3) is 11.1 Å². The summed E-state index contributed by atoms with van der Waals surface area (Å²) >= 11 is 0. The molecule has 3 rings (SSSR count). The summed E-state index contributed by atoms with van der Waals surface area (Å²) in [5.41, 5.74) is 4.12. The van der Waals surface area contributed by atoms with Crippen LogP contribution in [0.3, 0.4) is 0 Å². The monoisotopic (exact) mass is 392 g/mol. The molecular weight excluding hydrogens is 360 g/mol. The van der Waals surface area contributed by atoms with Gasteiger partial charge < -0.3 is 10.2 Å². The highest BCUT2D eigenvalue weighted by molar-refractivity contribution is 5.85. The van der Waals surface area contributed by atoms with Crippen molar-refractivity contribution in [1.29, 1.82) is 0 Å². The Hall–Kier alpha value is -2.62. The topological polar surface area (TPSA) is 49.4 Å². The van der Waals surface area contributed by atoms with E-state index in [1.165, 1.54) is 5.56 Å². The first kappa shape index (κ1) is 21.1. The van der Waals surface area contributed by atoms with Crippen molar-refractivity contribution in [3.8, 4) is 11.1 Å². The van der Waals surface area contributed by atoms with Gasteiger partial charge in [-0.05, 0) is 49.3 Å². The van der Waals surface area contributed by atoms with Gasteiger partial charge in [0, 0.05) is 26.6 Å². The molecule has 2 aromatic carbocycles. The van der Waals surface area contributed by atoms with Gasteiger partial charge in [0.25, 0.3) is 0 Å². The van der Waals surface area contributed by atoms with Crippen LogP contribution >= 0.6 is 0 Å². The smallest absolute Gasteiger partial charge is 0.228 e. The highest BCUT2D eigenvalue weighted by Gasteiger charge is 2.43. The lowest BCUT2D eigenvalue weighted by Gasteiger charge is -2.42. The Morgan fingerprint density at radius 3 is 2.52 bits per heavy atom. The fourth-order valence-corrected chi connectivity index (χ4v) is 4.45. The molecule has 1 aliphatic heterocycles.